The number of nitrogens with zero attached hydrogens (tertiary/aromatic N) is 4. The van der Waals surface area contributed by atoms with Crippen molar-refractivity contribution in [3.63, 3.8) is 0 Å². The minimum Gasteiger partial charge on any atom is -0.181 e. The van der Waals surface area contributed by atoms with E-state index in [4.69, 9.17) is 0 Å². The SMILES string of the molecule is c1ccc(-c2ccccc2-c2ccsc2-c2nnnn2-c2sccc2-c2ccccc2-c2ccccc2)cc1. The van der Waals surface area contributed by atoms with Gasteiger partial charge in [0.15, 0.2) is 5.82 Å². The molecule has 3 aromatic heterocycles. The summed E-state index contributed by atoms with van der Waals surface area (Å²) in [5.41, 5.74) is 9.28. The standard InChI is InChI=1S/C33H22N4S2/c1-3-11-23(12-4-1)25-15-7-9-17-27(25)29-19-21-38-31(29)32-34-35-36-37(32)33-30(20-22-39-33)28-18-10-8-16-26(28)24-13-5-2-6-14-24/h1-22H. The fraction of sp³-hybridized carbons (Fsp3) is 0. The zero-order valence-electron chi connectivity index (χ0n) is 20.8. The fourth-order valence-electron chi connectivity index (χ4n) is 5.01. The van der Waals surface area contributed by atoms with Gasteiger partial charge in [-0.15, -0.1) is 27.8 Å². The van der Waals surface area contributed by atoms with E-state index < -0.39 is 0 Å². The Morgan fingerprint density at radius 2 is 0.974 bits per heavy atom. The third-order valence-corrected chi connectivity index (χ3v) is 8.58. The predicted molar refractivity (Wildman–Crippen MR) is 162 cm³/mol. The van der Waals surface area contributed by atoms with Crippen molar-refractivity contribution in [2.75, 3.05) is 0 Å². The monoisotopic (exact) mass is 538 g/mol. The van der Waals surface area contributed by atoms with Gasteiger partial charge < -0.3 is 0 Å². The first-order valence-electron chi connectivity index (χ1n) is 12.6. The third-order valence-electron chi connectivity index (χ3n) is 6.78. The molecule has 0 N–H and O–H groups in total. The largest absolute Gasteiger partial charge is 0.198 e. The topological polar surface area (TPSA) is 43.6 Å². The van der Waals surface area contributed by atoms with Crippen LogP contribution in [0, 0.1) is 0 Å². The molecule has 0 spiro atoms. The maximum atomic E-state index is 4.54. The molecule has 0 aliphatic rings. The summed E-state index contributed by atoms with van der Waals surface area (Å²) < 4.78 is 1.89. The number of rotatable bonds is 6. The van der Waals surface area contributed by atoms with E-state index in [0.717, 1.165) is 38.0 Å². The van der Waals surface area contributed by atoms with Gasteiger partial charge in [-0.25, -0.2) is 0 Å². The van der Waals surface area contributed by atoms with Gasteiger partial charge in [-0.3, -0.25) is 0 Å². The van der Waals surface area contributed by atoms with Crippen molar-refractivity contribution in [2.24, 2.45) is 0 Å². The van der Waals surface area contributed by atoms with E-state index in [2.05, 4.69) is 135 Å². The van der Waals surface area contributed by atoms with Crippen LogP contribution >= 0.6 is 22.7 Å². The number of hydrogen-bond donors (Lipinski definition) is 0. The van der Waals surface area contributed by atoms with Crippen LogP contribution in [0.15, 0.2) is 132 Å². The van der Waals surface area contributed by atoms with Gasteiger partial charge >= 0.3 is 0 Å². The van der Waals surface area contributed by atoms with Crippen molar-refractivity contribution in [1.82, 2.24) is 20.2 Å². The Balaban J connectivity index is 1.35. The van der Waals surface area contributed by atoms with Gasteiger partial charge in [0.25, 0.3) is 0 Å². The van der Waals surface area contributed by atoms with Crippen LogP contribution in [0.5, 0.6) is 0 Å². The molecule has 0 aliphatic carbocycles. The van der Waals surface area contributed by atoms with Gasteiger partial charge in [-0.05, 0) is 66.7 Å². The lowest BCUT2D eigenvalue weighted by Gasteiger charge is -2.13. The Morgan fingerprint density at radius 3 is 1.62 bits per heavy atom. The van der Waals surface area contributed by atoms with E-state index in [0.29, 0.717) is 0 Å². The normalized spacial score (nSPS) is 11.1. The molecule has 3 heterocycles. The molecule has 0 saturated carbocycles. The minimum absolute atomic E-state index is 0.740. The molecule has 0 bridgehead atoms. The van der Waals surface area contributed by atoms with Crippen molar-refractivity contribution >= 4 is 22.7 Å². The molecule has 4 aromatic carbocycles. The number of aromatic nitrogens is 4. The van der Waals surface area contributed by atoms with Gasteiger partial charge in [0.1, 0.15) is 5.00 Å². The van der Waals surface area contributed by atoms with Gasteiger partial charge in [0.2, 0.25) is 0 Å². The number of hydrogen-bond acceptors (Lipinski definition) is 5. The molecule has 0 radical (unpaired) electrons. The fourth-order valence-corrected chi connectivity index (χ4v) is 6.74. The molecule has 39 heavy (non-hydrogen) atoms. The van der Waals surface area contributed by atoms with E-state index >= 15 is 0 Å². The summed E-state index contributed by atoms with van der Waals surface area (Å²) in [7, 11) is 0. The van der Waals surface area contributed by atoms with Crippen LogP contribution in [-0.2, 0) is 0 Å². The highest BCUT2D eigenvalue weighted by Gasteiger charge is 2.22. The summed E-state index contributed by atoms with van der Waals surface area (Å²) in [5.74, 6) is 0.740. The molecule has 186 valence electrons. The van der Waals surface area contributed by atoms with Crippen LogP contribution in [0.3, 0.4) is 0 Å². The highest BCUT2D eigenvalue weighted by Crippen LogP contribution is 2.43. The van der Waals surface area contributed by atoms with Crippen molar-refractivity contribution in [1.29, 1.82) is 0 Å². The molecule has 0 unspecified atom stereocenters. The summed E-state index contributed by atoms with van der Waals surface area (Å²) >= 11 is 3.30. The Morgan fingerprint density at radius 1 is 0.462 bits per heavy atom. The number of thiophene rings is 2. The van der Waals surface area contributed by atoms with Crippen molar-refractivity contribution in [2.45, 2.75) is 0 Å². The average molecular weight is 539 g/mol. The van der Waals surface area contributed by atoms with Gasteiger partial charge in [0, 0.05) is 11.1 Å². The van der Waals surface area contributed by atoms with Crippen LogP contribution in [0.25, 0.3) is 60.2 Å². The smallest absolute Gasteiger partial charge is 0.181 e. The van der Waals surface area contributed by atoms with Crippen molar-refractivity contribution < 1.29 is 0 Å². The number of tetrazole rings is 1. The molecule has 0 atom stereocenters. The van der Waals surface area contributed by atoms with E-state index in [1.165, 1.54) is 22.3 Å². The summed E-state index contributed by atoms with van der Waals surface area (Å²) in [6.07, 6.45) is 0. The quantitative estimate of drug-likeness (QED) is 0.212. The second-order valence-corrected chi connectivity index (χ2v) is 10.9. The van der Waals surface area contributed by atoms with Crippen LogP contribution in [0.2, 0.25) is 0 Å². The molecular formula is C33H22N4S2. The van der Waals surface area contributed by atoms with Gasteiger partial charge in [0.05, 0.1) is 4.88 Å². The molecular weight excluding hydrogens is 517 g/mol. The zero-order chi connectivity index (χ0) is 26.0. The third kappa shape index (κ3) is 4.30. The molecule has 7 aromatic rings. The summed E-state index contributed by atoms with van der Waals surface area (Å²) in [5, 5.41) is 18.4. The lowest BCUT2D eigenvalue weighted by Crippen LogP contribution is -1.99. The molecule has 0 aliphatic heterocycles. The van der Waals surface area contributed by atoms with Gasteiger partial charge in [-0.2, -0.15) is 4.68 Å². The minimum atomic E-state index is 0.740. The van der Waals surface area contributed by atoms with E-state index in [1.54, 1.807) is 22.7 Å². The Kier molecular flexibility index (Phi) is 6.17. The van der Waals surface area contributed by atoms with E-state index in [1.807, 2.05) is 16.8 Å². The average Bonchev–Trinajstić information content (AvgIpc) is 3.78. The number of benzene rings is 4. The van der Waals surface area contributed by atoms with Crippen LogP contribution in [-0.4, -0.2) is 20.2 Å². The van der Waals surface area contributed by atoms with Crippen LogP contribution < -0.4 is 0 Å². The summed E-state index contributed by atoms with van der Waals surface area (Å²) in [4.78, 5) is 1.04. The molecule has 7 rings (SSSR count). The maximum Gasteiger partial charge on any atom is 0.198 e. The van der Waals surface area contributed by atoms with Crippen molar-refractivity contribution in [3.8, 4) is 60.2 Å². The van der Waals surface area contributed by atoms with Gasteiger partial charge in [-0.1, -0.05) is 109 Å². The maximum absolute atomic E-state index is 4.54. The molecule has 0 saturated heterocycles. The lowest BCUT2D eigenvalue weighted by atomic mass is 9.95. The molecule has 6 heteroatoms. The van der Waals surface area contributed by atoms with E-state index in [-0.39, 0.29) is 0 Å². The highest BCUT2D eigenvalue weighted by atomic mass is 32.1. The lowest BCUT2D eigenvalue weighted by molar-refractivity contribution is 0.801. The molecule has 0 fully saturated rings. The second kappa shape index (κ2) is 10.3. The Bertz CT molecular complexity index is 1730. The Labute approximate surface area is 234 Å². The van der Waals surface area contributed by atoms with Crippen LogP contribution in [0.1, 0.15) is 0 Å². The first kappa shape index (κ1) is 23.5. The first-order valence-corrected chi connectivity index (χ1v) is 14.4. The first-order chi connectivity index (χ1) is 19.4. The highest BCUT2D eigenvalue weighted by molar-refractivity contribution is 7.14. The predicted octanol–water partition coefficient (Wildman–Crippen LogP) is 9.12. The molecule has 0 amide bonds. The second-order valence-electron chi connectivity index (χ2n) is 9.04. The Hall–Kier alpha value is -4.65. The summed E-state index contributed by atoms with van der Waals surface area (Å²) in [6.45, 7) is 0. The molecule has 4 nitrogen and oxygen atoms in total. The van der Waals surface area contributed by atoms with E-state index in [9.17, 15) is 0 Å². The summed E-state index contributed by atoms with van der Waals surface area (Å²) in [6, 6.07) is 42.4. The van der Waals surface area contributed by atoms with Crippen LogP contribution in [0.4, 0.5) is 0 Å². The van der Waals surface area contributed by atoms with Crippen molar-refractivity contribution in [3.05, 3.63) is 132 Å². The zero-order valence-corrected chi connectivity index (χ0v) is 22.4.